The smallest absolute Gasteiger partial charge is 0.153 e. The van der Waals surface area contributed by atoms with Crippen molar-refractivity contribution >= 4 is 33.6 Å². The first-order valence-electron chi connectivity index (χ1n) is 5.14. The van der Waals surface area contributed by atoms with Crippen LogP contribution in [0, 0.1) is 0 Å². The van der Waals surface area contributed by atoms with Crippen LogP contribution < -0.4 is 0 Å². The van der Waals surface area contributed by atoms with Crippen LogP contribution in [0.4, 0.5) is 11.4 Å². The van der Waals surface area contributed by atoms with Crippen molar-refractivity contribution in [3.63, 3.8) is 0 Å². The van der Waals surface area contributed by atoms with Gasteiger partial charge in [0, 0.05) is 4.47 Å². The number of hydrogen-bond donors (Lipinski definition) is 1. The van der Waals surface area contributed by atoms with Gasteiger partial charge in [0.15, 0.2) is 6.29 Å². The molecule has 2 aromatic carbocycles. The zero-order valence-corrected chi connectivity index (χ0v) is 10.8. The van der Waals surface area contributed by atoms with Crippen molar-refractivity contribution in [3.8, 4) is 5.75 Å². The summed E-state index contributed by atoms with van der Waals surface area (Å²) in [6, 6.07) is 11.8. The van der Waals surface area contributed by atoms with Crippen LogP contribution in [0.1, 0.15) is 10.4 Å². The highest BCUT2D eigenvalue weighted by molar-refractivity contribution is 9.10. The SMILES string of the molecule is O=Cc1cc(N=Nc2ccc(Br)cc2)ccc1O. The van der Waals surface area contributed by atoms with E-state index in [-0.39, 0.29) is 11.3 Å². The van der Waals surface area contributed by atoms with Gasteiger partial charge in [-0.1, -0.05) is 15.9 Å². The van der Waals surface area contributed by atoms with Crippen molar-refractivity contribution in [2.24, 2.45) is 10.2 Å². The third-order valence-corrected chi connectivity index (χ3v) is 2.77. The quantitative estimate of drug-likeness (QED) is 0.675. The molecular formula is C13H9BrN2O2. The summed E-state index contributed by atoms with van der Waals surface area (Å²) >= 11 is 3.33. The second-order valence-electron chi connectivity index (χ2n) is 3.54. The Morgan fingerprint density at radius 3 is 2.28 bits per heavy atom. The van der Waals surface area contributed by atoms with Gasteiger partial charge in [-0.25, -0.2) is 0 Å². The first-order chi connectivity index (χ1) is 8.69. The van der Waals surface area contributed by atoms with E-state index in [0.717, 1.165) is 4.47 Å². The molecule has 0 bridgehead atoms. The van der Waals surface area contributed by atoms with Crippen LogP contribution in [-0.2, 0) is 0 Å². The number of aromatic hydroxyl groups is 1. The Balaban J connectivity index is 2.23. The molecule has 0 amide bonds. The predicted molar refractivity (Wildman–Crippen MR) is 71.8 cm³/mol. The van der Waals surface area contributed by atoms with Crippen molar-refractivity contribution in [2.45, 2.75) is 0 Å². The third kappa shape index (κ3) is 3.01. The Morgan fingerprint density at radius 2 is 1.61 bits per heavy atom. The van der Waals surface area contributed by atoms with Gasteiger partial charge in [0.2, 0.25) is 0 Å². The summed E-state index contributed by atoms with van der Waals surface area (Å²) in [6.07, 6.45) is 0.577. The molecular weight excluding hydrogens is 296 g/mol. The Labute approximate surface area is 112 Å². The molecule has 4 nitrogen and oxygen atoms in total. The molecule has 0 aliphatic rings. The number of phenols is 1. The summed E-state index contributed by atoms with van der Waals surface area (Å²) < 4.78 is 0.967. The molecule has 0 saturated carbocycles. The minimum Gasteiger partial charge on any atom is -0.507 e. The summed E-state index contributed by atoms with van der Waals surface area (Å²) in [4.78, 5) is 10.7. The Kier molecular flexibility index (Phi) is 3.84. The number of halogens is 1. The highest BCUT2D eigenvalue weighted by Crippen LogP contribution is 2.24. The van der Waals surface area contributed by atoms with Crippen LogP contribution in [0.15, 0.2) is 57.2 Å². The van der Waals surface area contributed by atoms with Gasteiger partial charge in [-0.3, -0.25) is 4.79 Å². The Bertz CT molecular complexity index is 594. The van der Waals surface area contributed by atoms with Gasteiger partial charge >= 0.3 is 0 Å². The van der Waals surface area contributed by atoms with Crippen LogP contribution in [-0.4, -0.2) is 11.4 Å². The second-order valence-corrected chi connectivity index (χ2v) is 4.45. The molecule has 2 aromatic rings. The molecule has 0 spiro atoms. The zero-order chi connectivity index (χ0) is 13.0. The lowest BCUT2D eigenvalue weighted by Gasteiger charge is -1.98. The van der Waals surface area contributed by atoms with Crippen molar-refractivity contribution in [1.29, 1.82) is 0 Å². The lowest BCUT2D eigenvalue weighted by molar-refractivity contribution is 0.112. The summed E-state index contributed by atoms with van der Waals surface area (Å²) in [7, 11) is 0. The largest absolute Gasteiger partial charge is 0.507 e. The monoisotopic (exact) mass is 304 g/mol. The van der Waals surface area contributed by atoms with Crippen LogP contribution in [0.5, 0.6) is 5.75 Å². The van der Waals surface area contributed by atoms with Crippen molar-refractivity contribution < 1.29 is 9.90 Å². The molecule has 0 heterocycles. The van der Waals surface area contributed by atoms with Crippen LogP contribution >= 0.6 is 15.9 Å². The van der Waals surface area contributed by atoms with Crippen LogP contribution in [0.25, 0.3) is 0 Å². The number of carbonyl (C=O) groups excluding carboxylic acids is 1. The molecule has 0 unspecified atom stereocenters. The predicted octanol–water partition coefficient (Wildman–Crippen LogP) is 4.38. The summed E-state index contributed by atoms with van der Waals surface area (Å²) in [6.45, 7) is 0. The van der Waals surface area contributed by atoms with E-state index in [9.17, 15) is 9.90 Å². The number of rotatable bonds is 3. The van der Waals surface area contributed by atoms with Gasteiger partial charge in [0.25, 0.3) is 0 Å². The molecule has 0 aromatic heterocycles. The Morgan fingerprint density at radius 1 is 1.00 bits per heavy atom. The van der Waals surface area contributed by atoms with Gasteiger partial charge in [-0.2, -0.15) is 10.2 Å². The number of nitrogens with zero attached hydrogens (tertiary/aromatic N) is 2. The molecule has 1 N–H and O–H groups in total. The average molecular weight is 305 g/mol. The highest BCUT2D eigenvalue weighted by atomic mass is 79.9. The first kappa shape index (κ1) is 12.4. The minimum absolute atomic E-state index is 0.0624. The van der Waals surface area contributed by atoms with Crippen molar-refractivity contribution in [2.75, 3.05) is 0 Å². The normalized spacial score (nSPS) is 10.7. The Hall–Kier alpha value is -2.01. The van der Waals surface area contributed by atoms with E-state index in [4.69, 9.17) is 0 Å². The molecule has 0 aliphatic carbocycles. The van der Waals surface area contributed by atoms with Gasteiger partial charge in [-0.15, -0.1) is 0 Å². The van der Waals surface area contributed by atoms with E-state index >= 15 is 0 Å². The fourth-order valence-corrected chi connectivity index (χ4v) is 1.59. The maximum atomic E-state index is 10.7. The van der Waals surface area contributed by atoms with E-state index in [2.05, 4.69) is 26.2 Å². The minimum atomic E-state index is -0.0624. The highest BCUT2D eigenvalue weighted by Gasteiger charge is 2.00. The van der Waals surface area contributed by atoms with Gasteiger partial charge in [0.05, 0.1) is 16.9 Å². The standard InChI is InChI=1S/C13H9BrN2O2/c14-10-1-3-11(4-2-10)15-16-12-5-6-13(18)9(7-12)8-17/h1-8,18H. The summed E-state index contributed by atoms with van der Waals surface area (Å²) in [5.74, 6) is -0.0624. The maximum Gasteiger partial charge on any atom is 0.153 e. The van der Waals surface area contributed by atoms with Crippen molar-refractivity contribution in [3.05, 3.63) is 52.5 Å². The number of phenolic OH excluding ortho intramolecular Hbond substituents is 1. The maximum absolute atomic E-state index is 10.7. The third-order valence-electron chi connectivity index (χ3n) is 2.25. The number of hydrogen-bond acceptors (Lipinski definition) is 4. The van der Waals surface area contributed by atoms with Crippen molar-refractivity contribution in [1.82, 2.24) is 0 Å². The molecule has 0 radical (unpaired) electrons. The van der Waals surface area contributed by atoms with E-state index < -0.39 is 0 Å². The van der Waals surface area contributed by atoms with Crippen LogP contribution in [0.2, 0.25) is 0 Å². The van der Waals surface area contributed by atoms with Gasteiger partial charge in [0.1, 0.15) is 5.75 Å². The van der Waals surface area contributed by atoms with E-state index in [1.807, 2.05) is 24.3 Å². The first-order valence-corrected chi connectivity index (χ1v) is 5.94. The van der Waals surface area contributed by atoms with Gasteiger partial charge < -0.3 is 5.11 Å². The molecule has 0 saturated heterocycles. The lowest BCUT2D eigenvalue weighted by atomic mass is 10.2. The molecule has 0 aliphatic heterocycles. The molecule has 18 heavy (non-hydrogen) atoms. The van der Waals surface area contributed by atoms with Crippen LogP contribution in [0.3, 0.4) is 0 Å². The average Bonchev–Trinajstić information content (AvgIpc) is 2.39. The molecule has 0 fully saturated rings. The molecule has 5 heteroatoms. The number of carbonyl (C=O) groups is 1. The van der Waals surface area contributed by atoms with E-state index in [0.29, 0.717) is 17.7 Å². The molecule has 0 atom stereocenters. The fraction of sp³-hybridized carbons (Fsp3) is 0. The molecule has 2 rings (SSSR count). The number of azo groups is 1. The van der Waals surface area contributed by atoms with E-state index in [1.165, 1.54) is 12.1 Å². The lowest BCUT2D eigenvalue weighted by Crippen LogP contribution is -1.79. The second kappa shape index (κ2) is 5.55. The van der Waals surface area contributed by atoms with E-state index in [1.54, 1.807) is 6.07 Å². The number of benzene rings is 2. The fourth-order valence-electron chi connectivity index (χ4n) is 1.32. The summed E-state index contributed by atoms with van der Waals surface area (Å²) in [5.41, 5.74) is 1.42. The topological polar surface area (TPSA) is 62.0 Å². The number of aldehydes is 1. The summed E-state index contributed by atoms with van der Waals surface area (Å²) in [5, 5.41) is 17.4. The zero-order valence-electron chi connectivity index (χ0n) is 9.25. The van der Waals surface area contributed by atoms with Gasteiger partial charge in [-0.05, 0) is 42.5 Å². The molecule has 90 valence electrons.